The topological polar surface area (TPSA) is 44.7 Å². The van der Waals surface area contributed by atoms with Crippen molar-refractivity contribution in [1.29, 1.82) is 0 Å². The summed E-state index contributed by atoms with van der Waals surface area (Å²) in [7, 11) is 1.43. The lowest BCUT2D eigenvalue weighted by molar-refractivity contribution is 0.162. The van der Waals surface area contributed by atoms with Crippen LogP contribution in [0.4, 0.5) is 4.39 Å². The van der Waals surface area contributed by atoms with Gasteiger partial charge in [-0.05, 0) is 18.9 Å². The first-order valence-electron chi connectivity index (χ1n) is 7.29. The lowest BCUT2D eigenvalue weighted by Crippen LogP contribution is -2.45. The molecule has 0 aromatic heterocycles. The summed E-state index contributed by atoms with van der Waals surface area (Å²) in [5.41, 5.74) is 0.593. The highest BCUT2D eigenvalue weighted by molar-refractivity contribution is 5.85. The van der Waals surface area contributed by atoms with E-state index in [0.717, 1.165) is 39.0 Å². The Morgan fingerprint density at radius 1 is 1.39 bits per heavy atom. The van der Waals surface area contributed by atoms with Crippen molar-refractivity contribution >= 4 is 24.8 Å². The van der Waals surface area contributed by atoms with Crippen molar-refractivity contribution in [2.45, 2.75) is 18.9 Å². The van der Waals surface area contributed by atoms with Crippen molar-refractivity contribution in [3.05, 3.63) is 36.2 Å². The highest BCUT2D eigenvalue weighted by Crippen LogP contribution is 2.39. The minimum Gasteiger partial charge on any atom is -0.504 e. The Labute approximate surface area is 149 Å². The zero-order valence-corrected chi connectivity index (χ0v) is 14.9. The molecule has 1 aliphatic rings. The number of methoxy groups -OCH3 is 1. The van der Waals surface area contributed by atoms with Crippen LogP contribution in [0.1, 0.15) is 24.4 Å². The molecule has 1 atom stereocenters. The van der Waals surface area contributed by atoms with Crippen molar-refractivity contribution in [3.8, 4) is 11.5 Å². The van der Waals surface area contributed by atoms with E-state index in [1.54, 1.807) is 0 Å². The molecular weight excluding hydrogens is 342 g/mol. The molecule has 23 heavy (non-hydrogen) atoms. The van der Waals surface area contributed by atoms with Crippen molar-refractivity contribution in [3.63, 3.8) is 0 Å². The molecule has 132 valence electrons. The number of benzene rings is 1. The maximum absolute atomic E-state index is 13.8. The first-order valence-corrected chi connectivity index (χ1v) is 7.29. The molecule has 1 fully saturated rings. The highest BCUT2D eigenvalue weighted by atomic mass is 35.5. The van der Waals surface area contributed by atoms with Crippen LogP contribution < -0.4 is 10.1 Å². The zero-order valence-electron chi connectivity index (χ0n) is 13.3. The van der Waals surface area contributed by atoms with Crippen LogP contribution >= 0.6 is 24.8 Å². The minimum atomic E-state index is -0.390. The summed E-state index contributed by atoms with van der Waals surface area (Å²) in [6, 6.07) is 2.59. The molecule has 1 aromatic carbocycles. The maximum atomic E-state index is 13.8. The van der Waals surface area contributed by atoms with Gasteiger partial charge in [0.1, 0.15) is 5.82 Å². The number of rotatable bonds is 6. The summed E-state index contributed by atoms with van der Waals surface area (Å²) in [6.45, 7) is 7.30. The second kappa shape index (κ2) is 10.7. The Morgan fingerprint density at radius 2 is 2.04 bits per heavy atom. The number of piperazine rings is 1. The monoisotopic (exact) mass is 366 g/mol. The summed E-state index contributed by atoms with van der Waals surface area (Å²) in [5, 5.41) is 13.7. The number of aromatic hydroxyl groups is 1. The van der Waals surface area contributed by atoms with E-state index in [0.29, 0.717) is 5.56 Å². The lowest BCUT2D eigenvalue weighted by Gasteiger charge is -2.35. The number of hydrogen-bond acceptors (Lipinski definition) is 4. The minimum absolute atomic E-state index is 0. The molecule has 1 aromatic rings. The number of ether oxygens (including phenoxy) is 1. The molecular formula is C16H25Cl2FN2O2. The predicted molar refractivity (Wildman–Crippen MR) is 95.7 cm³/mol. The molecule has 1 heterocycles. The van der Waals surface area contributed by atoms with E-state index in [2.05, 4.69) is 16.8 Å². The van der Waals surface area contributed by atoms with Gasteiger partial charge >= 0.3 is 0 Å². The van der Waals surface area contributed by atoms with Crippen LogP contribution in [0.25, 0.3) is 0 Å². The molecule has 0 radical (unpaired) electrons. The Bertz CT molecular complexity index is 497. The molecule has 7 heteroatoms. The van der Waals surface area contributed by atoms with E-state index >= 15 is 0 Å². The third kappa shape index (κ3) is 5.53. The van der Waals surface area contributed by atoms with Gasteiger partial charge in [0.15, 0.2) is 11.5 Å². The Morgan fingerprint density at radius 3 is 2.61 bits per heavy atom. The number of allylic oxidation sites excluding steroid dienone is 1. The van der Waals surface area contributed by atoms with Gasteiger partial charge in [0.2, 0.25) is 0 Å². The van der Waals surface area contributed by atoms with E-state index in [1.165, 1.54) is 19.2 Å². The van der Waals surface area contributed by atoms with Crippen LogP contribution in [-0.4, -0.2) is 43.3 Å². The third-order valence-electron chi connectivity index (χ3n) is 3.88. The smallest absolute Gasteiger partial charge is 0.163 e. The zero-order chi connectivity index (χ0) is 15.2. The molecule has 1 saturated heterocycles. The largest absolute Gasteiger partial charge is 0.504 e. The molecule has 0 unspecified atom stereocenters. The molecule has 0 amide bonds. The average Bonchev–Trinajstić information content (AvgIpc) is 2.51. The quantitative estimate of drug-likeness (QED) is 0.758. The fourth-order valence-electron chi connectivity index (χ4n) is 2.81. The summed E-state index contributed by atoms with van der Waals surface area (Å²) in [5.74, 6) is -0.173. The van der Waals surface area contributed by atoms with Crippen molar-refractivity contribution in [2.75, 3.05) is 33.3 Å². The number of nitrogens with one attached hydrogen (secondary N) is 1. The van der Waals surface area contributed by atoms with E-state index < -0.39 is 5.82 Å². The summed E-state index contributed by atoms with van der Waals surface area (Å²) < 4.78 is 18.9. The van der Waals surface area contributed by atoms with E-state index in [4.69, 9.17) is 4.74 Å². The van der Waals surface area contributed by atoms with Gasteiger partial charge in [0, 0.05) is 43.9 Å². The van der Waals surface area contributed by atoms with Crippen LogP contribution in [0.15, 0.2) is 24.8 Å². The van der Waals surface area contributed by atoms with E-state index in [-0.39, 0.29) is 42.4 Å². The van der Waals surface area contributed by atoms with Crippen LogP contribution in [0, 0.1) is 5.82 Å². The van der Waals surface area contributed by atoms with Crippen LogP contribution in [-0.2, 0) is 0 Å². The molecule has 2 rings (SSSR count). The molecule has 4 nitrogen and oxygen atoms in total. The molecule has 0 aliphatic carbocycles. The van der Waals surface area contributed by atoms with Gasteiger partial charge in [-0.1, -0.05) is 6.08 Å². The first-order chi connectivity index (χ1) is 10.2. The molecule has 1 aliphatic heterocycles. The number of hydrogen-bond donors (Lipinski definition) is 2. The maximum Gasteiger partial charge on any atom is 0.163 e. The van der Waals surface area contributed by atoms with E-state index in [1.807, 2.05) is 6.08 Å². The normalized spacial score (nSPS) is 15.9. The van der Waals surface area contributed by atoms with E-state index in [9.17, 15) is 9.50 Å². The number of phenolic OH excluding ortho intramolecular Hbond substituents is 1. The van der Waals surface area contributed by atoms with Crippen LogP contribution in [0.3, 0.4) is 0 Å². The Hall–Kier alpha value is -1.01. The van der Waals surface area contributed by atoms with Crippen molar-refractivity contribution in [2.24, 2.45) is 0 Å². The van der Waals surface area contributed by atoms with Gasteiger partial charge in [-0.2, -0.15) is 0 Å². The molecule has 2 N–H and O–H groups in total. The Balaban J connectivity index is 0.00000242. The second-order valence-corrected chi connectivity index (χ2v) is 5.21. The van der Waals surface area contributed by atoms with Gasteiger partial charge in [0.25, 0.3) is 0 Å². The average molecular weight is 367 g/mol. The first kappa shape index (κ1) is 22.0. The highest BCUT2D eigenvalue weighted by Gasteiger charge is 2.26. The Kier molecular flexibility index (Phi) is 10.2. The molecule has 0 saturated carbocycles. The van der Waals surface area contributed by atoms with Crippen molar-refractivity contribution in [1.82, 2.24) is 10.2 Å². The summed E-state index contributed by atoms with van der Waals surface area (Å²) >= 11 is 0. The molecule has 0 spiro atoms. The standard InChI is InChI=1S/C16H23FN2O2.2ClH/c1-3-4-5-14(19-8-6-18-7-9-19)13-10-12(17)11-15(21-2)16(13)20;;/h3,10-11,14,18,20H,1,4-9H2,2H3;2*1H/t14-;;/m0../s1. The van der Waals surface area contributed by atoms with Gasteiger partial charge in [-0.25, -0.2) is 4.39 Å². The van der Waals surface area contributed by atoms with Crippen LogP contribution in [0.2, 0.25) is 0 Å². The SMILES string of the molecule is C=CCC[C@@H](c1cc(F)cc(OC)c1O)N1CCNCC1.Cl.Cl. The lowest BCUT2D eigenvalue weighted by atomic mass is 9.98. The number of halogens is 3. The number of nitrogens with zero attached hydrogens (tertiary/aromatic N) is 1. The second-order valence-electron chi connectivity index (χ2n) is 5.21. The fourth-order valence-corrected chi connectivity index (χ4v) is 2.81. The molecule has 0 bridgehead atoms. The van der Waals surface area contributed by atoms with Crippen LogP contribution in [0.5, 0.6) is 11.5 Å². The number of phenols is 1. The summed E-state index contributed by atoms with van der Waals surface area (Å²) in [6.07, 6.45) is 3.46. The third-order valence-corrected chi connectivity index (χ3v) is 3.88. The van der Waals surface area contributed by atoms with Gasteiger partial charge in [-0.3, -0.25) is 4.90 Å². The van der Waals surface area contributed by atoms with Gasteiger partial charge in [0.05, 0.1) is 7.11 Å². The van der Waals surface area contributed by atoms with Gasteiger partial charge in [-0.15, -0.1) is 31.4 Å². The summed E-state index contributed by atoms with van der Waals surface area (Å²) in [4.78, 5) is 2.27. The van der Waals surface area contributed by atoms with Crippen molar-refractivity contribution < 1.29 is 14.2 Å². The van der Waals surface area contributed by atoms with Gasteiger partial charge < -0.3 is 15.2 Å². The predicted octanol–water partition coefficient (Wildman–Crippen LogP) is 3.30. The fraction of sp³-hybridized carbons (Fsp3) is 0.500.